The Bertz CT molecular complexity index is 1320. The van der Waals surface area contributed by atoms with Crippen LogP contribution in [0.4, 0.5) is 8.78 Å². The first-order chi connectivity index (χ1) is 19.9. The third-order valence-electron chi connectivity index (χ3n) is 7.27. The molecule has 0 bridgehead atoms. The van der Waals surface area contributed by atoms with Crippen LogP contribution in [0.5, 0.6) is 0 Å². The average molecular weight is 580 g/mol. The van der Waals surface area contributed by atoms with E-state index in [4.69, 9.17) is 0 Å². The van der Waals surface area contributed by atoms with Gasteiger partial charge >= 0.3 is 0 Å². The van der Waals surface area contributed by atoms with Crippen LogP contribution in [0.1, 0.15) is 77.9 Å². The van der Waals surface area contributed by atoms with Gasteiger partial charge in [-0.25, -0.2) is 8.78 Å². The van der Waals surface area contributed by atoms with Crippen molar-refractivity contribution in [1.29, 1.82) is 0 Å². The third-order valence-corrected chi connectivity index (χ3v) is 7.27. The number of benzene rings is 3. The molecule has 0 radical (unpaired) electrons. The number of aryl methyl sites for hydroxylation is 1. The molecule has 0 saturated heterocycles. The summed E-state index contributed by atoms with van der Waals surface area (Å²) in [7, 11) is 0. The molecule has 2 atom stereocenters. The highest BCUT2D eigenvalue weighted by Crippen LogP contribution is 2.20. The highest BCUT2D eigenvalue weighted by atomic mass is 19.1. The summed E-state index contributed by atoms with van der Waals surface area (Å²) in [5.74, 6) is -2.11. The van der Waals surface area contributed by atoms with Crippen molar-refractivity contribution in [3.05, 3.63) is 106 Å². The van der Waals surface area contributed by atoms with Crippen LogP contribution in [0.3, 0.4) is 0 Å². The van der Waals surface area contributed by atoms with E-state index in [9.17, 15) is 23.5 Å². The summed E-state index contributed by atoms with van der Waals surface area (Å²) in [6.07, 6.45) is 0.535. The first kappa shape index (κ1) is 32.9. The van der Waals surface area contributed by atoms with Gasteiger partial charge in [-0.15, -0.1) is 0 Å². The number of aliphatic hydroxyl groups excluding tert-OH is 1. The van der Waals surface area contributed by atoms with Gasteiger partial charge in [-0.1, -0.05) is 44.2 Å². The van der Waals surface area contributed by atoms with Crippen LogP contribution < -0.4 is 10.6 Å². The van der Waals surface area contributed by atoms with Crippen molar-refractivity contribution >= 4 is 11.8 Å². The van der Waals surface area contributed by atoms with Crippen LogP contribution in [-0.2, 0) is 12.0 Å². The number of amides is 2. The van der Waals surface area contributed by atoms with E-state index in [1.807, 2.05) is 65.0 Å². The van der Waals surface area contributed by atoms with Crippen LogP contribution in [0, 0.1) is 18.6 Å². The van der Waals surface area contributed by atoms with Crippen molar-refractivity contribution in [3.63, 3.8) is 0 Å². The van der Waals surface area contributed by atoms with Crippen LogP contribution in [0.2, 0.25) is 0 Å². The predicted octanol–water partition coefficient (Wildman–Crippen LogP) is 5.76. The molecule has 0 aliphatic carbocycles. The van der Waals surface area contributed by atoms with Crippen molar-refractivity contribution in [2.24, 2.45) is 0 Å². The molecule has 3 rings (SSSR count). The topological polar surface area (TPSA) is 81.7 Å². The van der Waals surface area contributed by atoms with Crippen molar-refractivity contribution in [2.45, 2.75) is 71.6 Å². The summed E-state index contributed by atoms with van der Waals surface area (Å²) >= 11 is 0. The van der Waals surface area contributed by atoms with Gasteiger partial charge in [-0.05, 0) is 87.1 Å². The van der Waals surface area contributed by atoms with Crippen LogP contribution in [-0.4, -0.2) is 53.6 Å². The van der Waals surface area contributed by atoms with Gasteiger partial charge in [0, 0.05) is 42.4 Å². The van der Waals surface area contributed by atoms with E-state index >= 15 is 0 Å². The van der Waals surface area contributed by atoms with Gasteiger partial charge in [0.1, 0.15) is 11.6 Å². The predicted molar refractivity (Wildman–Crippen MR) is 162 cm³/mol. The van der Waals surface area contributed by atoms with Gasteiger partial charge in [-0.3, -0.25) is 9.59 Å². The van der Waals surface area contributed by atoms with Crippen molar-refractivity contribution in [2.75, 3.05) is 19.6 Å². The fraction of sp³-hybridized carbons (Fsp3) is 0.412. The highest BCUT2D eigenvalue weighted by Gasteiger charge is 2.27. The van der Waals surface area contributed by atoms with Gasteiger partial charge < -0.3 is 20.6 Å². The first-order valence-corrected chi connectivity index (χ1v) is 14.6. The zero-order valence-electron chi connectivity index (χ0n) is 25.2. The second kappa shape index (κ2) is 15.0. The maximum absolute atomic E-state index is 14.0. The number of halogens is 2. The Labute approximate surface area is 248 Å². The lowest BCUT2D eigenvalue weighted by molar-refractivity contribution is 0.0755. The summed E-state index contributed by atoms with van der Waals surface area (Å²) in [5.41, 5.74) is 2.26. The second-order valence-corrected chi connectivity index (χ2v) is 11.4. The van der Waals surface area contributed by atoms with Gasteiger partial charge in [0.2, 0.25) is 0 Å². The van der Waals surface area contributed by atoms with Gasteiger partial charge in [-0.2, -0.15) is 0 Å². The number of hydrogen-bond donors (Lipinski definition) is 3. The summed E-state index contributed by atoms with van der Waals surface area (Å²) < 4.78 is 28.0. The molecule has 0 aliphatic rings. The molecule has 0 aliphatic heterocycles. The van der Waals surface area contributed by atoms with Gasteiger partial charge in [0.15, 0.2) is 0 Å². The number of carbonyl (C=O) groups is 2. The largest absolute Gasteiger partial charge is 0.390 e. The van der Waals surface area contributed by atoms with Crippen LogP contribution >= 0.6 is 0 Å². The summed E-state index contributed by atoms with van der Waals surface area (Å²) in [5, 5.41) is 17.5. The number of carbonyl (C=O) groups excluding carboxylic acids is 2. The zero-order valence-corrected chi connectivity index (χ0v) is 25.2. The molecule has 226 valence electrons. The molecule has 42 heavy (non-hydrogen) atoms. The molecular formula is C34H43F2N3O3. The normalized spacial score (nSPS) is 13.0. The molecule has 2 amide bonds. The Hall–Kier alpha value is -3.62. The maximum atomic E-state index is 14.0. The minimum Gasteiger partial charge on any atom is -0.390 e. The lowest BCUT2D eigenvalue weighted by Crippen LogP contribution is -2.51. The Balaban J connectivity index is 1.86. The molecule has 0 spiro atoms. The molecular weight excluding hydrogens is 536 g/mol. The maximum Gasteiger partial charge on any atom is 0.253 e. The number of hydrogen-bond acceptors (Lipinski definition) is 4. The molecule has 6 nitrogen and oxygen atoms in total. The molecule has 0 fully saturated rings. The summed E-state index contributed by atoms with van der Waals surface area (Å²) in [6, 6.07) is 17.0. The quantitative estimate of drug-likeness (QED) is 0.227. The number of rotatable bonds is 14. The van der Waals surface area contributed by atoms with E-state index in [1.165, 1.54) is 12.1 Å². The van der Waals surface area contributed by atoms with E-state index in [-0.39, 0.29) is 24.4 Å². The first-order valence-electron chi connectivity index (χ1n) is 14.6. The SMILES string of the molecule is CCCN(CCC)C(=O)c1cc(C)cc(C(=O)N[C@@H](Cc2cc(F)cc(F)c2)[C@H](O)CNC(C)(C)c2ccccc2)c1. The van der Waals surface area contributed by atoms with E-state index < -0.39 is 35.2 Å². The van der Waals surface area contributed by atoms with Crippen LogP contribution in [0.25, 0.3) is 0 Å². The zero-order chi connectivity index (χ0) is 30.9. The smallest absolute Gasteiger partial charge is 0.253 e. The Kier molecular flexibility index (Phi) is 11.8. The highest BCUT2D eigenvalue weighted by molar-refractivity contribution is 6.00. The fourth-order valence-corrected chi connectivity index (χ4v) is 5.05. The number of nitrogens with zero attached hydrogens (tertiary/aromatic N) is 1. The molecule has 0 heterocycles. The van der Waals surface area contributed by atoms with Crippen LogP contribution in [0.15, 0.2) is 66.7 Å². The number of nitrogens with one attached hydrogen (secondary N) is 2. The second-order valence-electron chi connectivity index (χ2n) is 11.4. The molecule has 3 aromatic rings. The molecule has 3 N–H and O–H groups in total. The van der Waals surface area contributed by atoms with Gasteiger partial charge in [0.05, 0.1) is 12.1 Å². The molecule has 0 aromatic heterocycles. The molecule has 0 saturated carbocycles. The lowest BCUT2D eigenvalue weighted by atomic mass is 9.93. The minimum atomic E-state index is -1.10. The lowest BCUT2D eigenvalue weighted by Gasteiger charge is -2.31. The summed E-state index contributed by atoms with van der Waals surface area (Å²) in [4.78, 5) is 28.6. The Morgan fingerprint density at radius 1 is 0.905 bits per heavy atom. The van der Waals surface area contributed by atoms with Crippen molar-refractivity contribution in [3.8, 4) is 0 Å². The fourth-order valence-electron chi connectivity index (χ4n) is 5.05. The van der Waals surface area contributed by atoms with E-state index in [0.29, 0.717) is 24.2 Å². The van der Waals surface area contributed by atoms with Crippen molar-refractivity contribution in [1.82, 2.24) is 15.5 Å². The van der Waals surface area contributed by atoms with E-state index in [0.717, 1.165) is 30.0 Å². The van der Waals surface area contributed by atoms with E-state index in [2.05, 4.69) is 10.6 Å². The molecule has 0 unspecified atom stereocenters. The average Bonchev–Trinajstić information content (AvgIpc) is 2.94. The minimum absolute atomic E-state index is 0.00653. The van der Waals surface area contributed by atoms with E-state index in [1.54, 1.807) is 23.1 Å². The Morgan fingerprint density at radius 2 is 1.50 bits per heavy atom. The summed E-state index contributed by atoms with van der Waals surface area (Å²) in [6.45, 7) is 11.1. The number of aliphatic hydroxyl groups is 1. The van der Waals surface area contributed by atoms with Crippen molar-refractivity contribution < 1.29 is 23.5 Å². The third kappa shape index (κ3) is 9.19. The standard InChI is InChI=1S/C34H43F2N3O3/c1-6-13-39(14-7-2)33(42)26-16-23(3)15-25(20-26)32(41)38-30(19-24-17-28(35)21-29(36)18-24)31(40)22-37-34(4,5)27-11-9-8-10-12-27/h8-12,15-18,20-21,30-31,37,40H,6-7,13-14,19,22H2,1-5H3,(H,38,41)/t30-,31+/m0/s1. The molecule has 8 heteroatoms. The molecule has 3 aromatic carbocycles. The van der Waals surface area contributed by atoms with Gasteiger partial charge in [0.25, 0.3) is 11.8 Å². The Morgan fingerprint density at radius 3 is 2.10 bits per heavy atom. The monoisotopic (exact) mass is 579 g/mol.